The lowest BCUT2D eigenvalue weighted by Crippen LogP contribution is -2.47. The van der Waals surface area contributed by atoms with Gasteiger partial charge in [0.05, 0.1) is 17.7 Å². The average Bonchev–Trinajstić information content (AvgIpc) is 2.64. The van der Waals surface area contributed by atoms with Gasteiger partial charge >= 0.3 is 0 Å². The van der Waals surface area contributed by atoms with Crippen LogP contribution in [-0.2, 0) is 0 Å². The molecular formula is C18H18F2N4O. The number of nitriles is 1. The van der Waals surface area contributed by atoms with E-state index in [2.05, 4.69) is 16.0 Å². The van der Waals surface area contributed by atoms with Crippen LogP contribution in [0.1, 0.15) is 17.2 Å². The predicted octanol–water partition coefficient (Wildman–Crippen LogP) is 2.09. The molecule has 1 aromatic carbocycles. The first-order valence-corrected chi connectivity index (χ1v) is 8.03. The molecule has 1 N–H and O–H groups in total. The summed E-state index contributed by atoms with van der Waals surface area (Å²) < 4.78 is 27.0. The molecule has 1 aliphatic heterocycles. The second-order valence-electron chi connectivity index (χ2n) is 5.98. The van der Waals surface area contributed by atoms with Crippen molar-refractivity contribution >= 4 is 5.82 Å². The molecule has 0 spiro atoms. The minimum absolute atomic E-state index is 0.0224. The summed E-state index contributed by atoms with van der Waals surface area (Å²) in [6, 6.07) is 8.59. The summed E-state index contributed by atoms with van der Waals surface area (Å²) in [5.74, 6) is -0.427. The maximum Gasteiger partial charge on any atom is 0.129 e. The van der Waals surface area contributed by atoms with E-state index in [1.54, 1.807) is 18.3 Å². The van der Waals surface area contributed by atoms with Crippen LogP contribution in [0.25, 0.3) is 0 Å². The van der Waals surface area contributed by atoms with Crippen LogP contribution >= 0.6 is 0 Å². The Balaban J connectivity index is 1.59. The zero-order valence-electron chi connectivity index (χ0n) is 13.6. The molecule has 0 radical (unpaired) electrons. The number of aliphatic hydroxyl groups is 1. The number of β-amino-alcohol motifs (C(OH)–C–C–N with tert-alkyl or cyclic N) is 1. The summed E-state index contributed by atoms with van der Waals surface area (Å²) in [5, 5.41) is 19.2. The van der Waals surface area contributed by atoms with E-state index in [1.807, 2.05) is 4.90 Å². The van der Waals surface area contributed by atoms with Crippen LogP contribution in [0.3, 0.4) is 0 Å². The molecule has 25 heavy (non-hydrogen) atoms. The SMILES string of the molecule is N#Cc1ccnc(N2CCN(CC(O)c3cc(F)ccc3F)CC2)c1. The standard InChI is InChI=1S/C18H18F2N4O/c19-14-1-2-16(20)15(10-14)17(25)12-23-5-7-24(8-6-23)18-9-13(11-21)3-4-22-18/h1-4,9-10,17,25H,5-8,12H2. The van der Waals surface area contributed by atoms with Gasteiger partial charge in [0.1, 0.15) is 17.5 Å². The van der Waals surface area contributed by atoms with Gasteiger partial charge in [0.25, 0.3) is 0 Å². The number of hydrogen-bond donors (Lipinski definition) is 1. The van der Waals surface area contributed by atoms with Crippen molar-refractivity contribution in [3.05, 3.63) is 59.3 Å². The van der Waals surface area contributed by atoms with Gasteiger partial charge in [0.15, 0.2) is 0 Å². The molecule has 0 aliphatic carbocycles. The van der Waals surface area contributed by atoms with Crippen LogP contribution in [0.5, 0.6) is 0 Å². The predicted molar refractivity (Wildman–Crippen MR) is 88.9 cm³/mol. The molecule has 2 aromatic rings. The van der Waals surface area contributed by atoms with Crippen molar-refractivity contribution in [2.45, 2.75) is 6.10 Å². The highest BCUT2D eigenvalue weighted by atomic mass is 19.1. The van der Waals surface area contributed by atoms with Gasteiger partial charge in [-0.2, -0.15) is 5.26 Å². The first-order valence-electron chi connectivity index (χ1n) is 8.03. The third-order valence-electron chi connectivity index (χ3n) is 4.32. The van der Waals surface area contributed by atoms with Gasteiger partial charge in [-0.3, -0.25) is 4.90 Å². The number of halogens is 2. The highest BCUT2D eigenvalue weighted by molar-refractivity contribution is 5.45. The molecular weight excluding hydrogens is 326 g/mol. The minimum atomic E-state index is -1.08. The summed E-state index contributed by atoms with van der Waals surface area (Å²) in [4.78, 5) is 8.34. The number of pyridine rings is 1. The molecule has 130 valence electrons. The van der Waals surface area contributed by atoms with E-state index in [0.29, 0.717) is 31.7 Å². The van der Waals surface area contributed by atoms with E-state index in [1.165, 1.54) is 0 Å². The van der Waals surface area contributed by atoms with Crippen LogP contribution in [-0.4, -0.2) is 47.7 Å². The fourth-order valence-electron chi connectivity index (χ4n) is 2.93. The number of aliphatic hydroxyl groups excluding tert-OH is 1. The summed E-state index contributed by atoms with van der Waals surface area (Å²) in [6.45, 7) is 2.92. The van der Waals surface area contributed by atoms with Gasteiger partial charge in [-0.05, 0) is 30.3 Å². The zero-order chi connectivity index (χ0) is 17.8. The van der Waals surface area contributed by atoms with Crippen molar-refractivity contribution < 1.29 is 13.9 Å². The van der Waals surface area contributed by atoms with Crippen molar-refractivity contribution in [2.24, 2.45) is 0 Å². The second kappa shape index (κ2) is 7.55. The fraction of sp³-hybridized carbons (Fsp3) is 0.333. The number of aromatic nitrogens is 1. The van der Waals surface area contributed by atoms with Gasteiger partial charge in [-0.15, -0.1) is 0 Å². The number of nitrogens with zero attached hydrogens (tertiary/aromatic N) is 4. The van der Waals surface area contributed by atoms with E-state index < -0.39 is 17.7 Å². The normalized spacial score (nSPS) is 16.5. The molecule has 0 saturated carbocycles. The van der Waals surface area contributed by atoms with E-state index in [0.717, 1.165) is 24.0 Å². The first kappa shape index (κ1) is 17.3. The van der Waals surface area contributed by atoms with Crippen LogP contribution in [0, 0.1) is 23.0 Å². The molecule has 1 unspecified atom stereocenters. The Hall–Kier alpha value is -2.56. The van der Waals surface area contributed by atoms with Crippen LogP contribution in [0.15, 0.2) is 36.5 Å². The van der Waals surface area contributed by atoms with Gasteiger partial charge in [0.2, 0.25) is 0 Å². The average molecular weight is 344 g/mol. The number of hydrogen-bond acceptors (Lipinski definition) is 5. The van der Waals surface area contributed by atoms with E-state index in [4.69, 9.17) is 5.26 Å². The van der Waals surface area contributed by atoms with Crippen LogP contribution in [0.4, 0.5) is 14.6 Å². The van der Waals surface area contributed by atoms with Crippen LogP contribution < -0.4 is 4.90 Å². The van der Waals surface area contributed by atoms with Crippen molar-refractivity contribution in [2.75, 3.05) is 37.6 Å². The summed E-state index contributed by atoms with van der Waals surface area (Å²) >= 11 is 0. The molecule has 1 atom stereocenters. The Morgan fingerprint density at radius 2 is 1.92 bits per heavy atom. The molecule has 0 amide bonds. The highest BCUT2D eigenvalue weighted by Crippen LogP contribution is 2.21. The zero-order valence-corrected chi connectivity index (χ0v) is 13.6. The molecule has 1 saturated heterocycles. The molecule has 7 heteroatoms. The highest BCUT2D eigenvalue weighted by Gasteiger charge is 2.22. The van der Waals surface area contributed by atoms with Crippen molar-refractivity contribution in [1.29, 1.82) is 5.26 Å². The lowest BCUT2D eigenvalue weighted by molar-refractivity contribution is 0.106. The Bertz CT molecular complexity index is 785. The Kier molecular flexibility index (Phi) is 5.22. The maximum atomic E-state index is 13.7. The van der Waals surface area contributed by atoms with Gasteiger partial charge in [-0.25, -0.2) is 13.8 Å². The lowest BCUT2D eigenvalue weighted by atomic mass is 10.1. The summed E-state index contributed by atoms with van der Waals surface area (Å²) in [5.41, 5.74) is 0.537. The molecule has 5 nitrogen and oxygen atoms in total. The third-order valence-corrected chi connectivity index (χ3v) is 4.32. The third kappa shape index (κ3) is 4.10. The number of benzene rings is 1. The van der Waals surface area contributed by atoms with Crippen molar-refractivity contribution in [3.63, 3.8) is 0 Å². The molecule has 2 heterocycles. The van der Waals surface area contributed by atoms with Crippen molar-refractivity contribution in [1.82, 2.24) is 9.88 Å². The topological polar surface area (TPSA) is 63.4 Å². The number of anilines is 1. The Morgan fingerprint density at radius 1 is 1.16 bits per heavy atom. The maximum absolute atomic E-state index is 13.7. The second-order valence-corrected chi connectivity index (χ2v) is 5.98. The molecule has 1 aliphatic rings. The smallest absolute Gasteiger partial charge is 0.129 e. The number of piperazine rings is 1. The van der Waals surface area contributed by atoms with E-state index in [9.17, 15) is 13.9 Å². The van der Waals surface area contributed by atoms with Gasteiger partial charge in [-0.1, -0.05) is 0 Å². The fourth-order valence-corrected chi connectivity index (χ4v) is 2.93. The quantitative estimate of drug-likeness (QED) is 0.920. The molecule has 1 aromatic heterocycles. The molecule has 1 fully saturated rings. The Morgan fingerprint density at radius 3 is 2.64 bits per heavy atom. The molecule has 3 rings (SSSR count). The van der Waals surface area contributed by atoms with Crippen LogP contribution in [0.2, 0.25) is 0 Å². The lowest BCUT2D eigenvalue weighted by Gasteiger charge is -2.36. The minimum Gasteiger partial charge on any atom is -0.387 e. The largest absolute Gasteiger partial charge is 0.387 e. The van der Waals surface area contributed by atoms with Gasteiger partial charge in [0, 0.05) is 44.5 Å². The molecule has 0 bridgehead atoms. The number of rotatable bonds is 4. The van der Waals surface area contributed by atoms with Gasteiger partial charge < -0.3 is 10.0 Å². The van der Waals surface area contributed by atoms with Crippen molar-refractivity contribution in [3.8, 4) is 6.07 Å². The monoisotopic (exact) mass is 344 g/mol. The first-order chi connectivity index (χ1) is 12.1. The van der Waals surface area contributed by atoms with E-state index >= 15 is 0 Å². The summed E-state index contributed by atoms with van der Waals surface area (Å²) in [7, 11) is 0. The Labute approximate surface area is 144 Å². The summed E-state index contributed by atoms with van der Waals surface area (Å²) in [6.07, 6.45) is 0.527. The van der Waals surface area contributed by atoms with E-state index in [-0.39, 0.29) is 12.1 Å².